The number of fused-ring (bicyclic) bond motifs is 1. The molecule has 2 N–H and O–H groups in total. The van der Waals surface area contributed by atoms with Crippen LogP contribution in [0.4, 0.5) is 24.8 Å². The highest BCUT2D eigenvalue weighted by Crippen LogP contribution is 2.44. The molecule has 1 aromatic carbocycles. The van der Waals surface area contributed by atoms with Gasteiger partial charge in [-0.2, -0.15) is 23.1 Å². The highest BCUT2D eigenvalue weighted by molar-refractivity contribution is 6.34. The van der Waals surface area contributed by atoms with Crippen molar-refractivity contribution in [2.45, 2.75) is 57.5 Å². The van der Waals surface area contributed by atoms with Gasteiger partial charge in [-0.05, 0) is 70.6 Å². The van der Waals surface area contributed by atoms with Crippen LogP contribution in [-0.4, -0.2) is 76.2 Å². The van der Waals surface area contributed by atoms with Crippen LogP contribution in [0.3, 0.4) is 0 Å². The summed E-state index contributed by atoms with van der Waals surface area (Å²) in [7, 11) is 3.88. The maximum atomic E-state index is 14.2. The predicted molar refractivity (Wildman–Crippen MR) is 161 cm³/mol. The third kappa shape index (κ3) is 5.82. The molecule has 230 valence electrons. The lowest BCUT2D eigenvalue weighted by Crippen LogP contribution is -2.53. The van der Waals surface area contributed by atoms with E-state index < -0.39 is 17.5 Å². The molecule has 2 aliphatic rings. The number of rotatable bonds is 6. The van der Waals surface area contributed by atoms with Gasteiger partial charge in [0.25, 0.3) is 0 Å². The molecule has 0 unspecified atom stereocenters. The molecule has 0 spiro atoms. The zero-order chi connectivity index (χ0) is 31.3. The molecule has 43 heavy (non-hydrogen) atoms. The van der Waals surface area contributed by atoms with E-state index in [0.717, 1.165) is 25.7 Å². The zero-order valence-electron chi connectivity index (χ0n) is 24.6. The second-order valence-corrected chi connectivity index (χ2v) is 11.9. The number of alkyl halides is 3. The molecule has 1 aliphatic heterocycles. The minimum atomic E-state index is -4.69. The van der Waals surface area contributed by atoms with E-state index in [0.29, 0.717) is 36.4 Å². The van der Waals surface area contributed by atoms with Crippen molar-refractivity contribution >= 4 is 40.0 Å². The van der Waals surface area contributed by atoms with Crippen molar-refractivity contribution in [2.24, 2.45) is 0 Å². The number of halogens is 4. The quantitative estimate of drug-likeness (QED) is 0.278. The molecule has 9 nitrogen and oxygen atoms in total. The van der Waals surface area contributed by atoms with E-state index in [1.165, 1.54) is 25.1 Å². The van der Waals surface area contributed by atoms with E-state index >= 15 is 0 Å². The maximum Gasteiger partial charge on any atom is 0.418 e. The van der Waals surface area contributed by atoms with E-state index in [9.17, 15) is 18.0 Å². The number of carbonyl (C=O) groups excluding carboxylic acids is 1. The first kappa shape index (κ1) is 30.8. The van der Waals surface area contributed by atoms with Gasteiger partial charge in [-0.3, -0.25) is 9.69 Å². The van der Waals surface area contributed by atoms with Crippen LogP contribution >= 0.6 is 11.6 Å². The number of pyridine rings is 1. The monoisotopic (exact) mass is 617 g/mol. The highest BCUT2D eigenvalue weighted by atomic mass is 35.5. The van der Waals surface area contributed by atoms with E-state index in [1.54, 1.807) is 11.0 Å². The summed E-state index contributed by atoms with van der Waals surface area (Å²) >= 11 is 6.71. The number of piperazine rings is 1. The molecule has 0 radical (unpaired) electrons. The van der Waals surface area contributed by atoms with Gasteiger partial charge in [-0.15, -0.1) is 0 Å². The summed E-state index contributed by atoms with van der Waals surface area (Å²) in [6, 6.07) is 4.21. The molecule has 1 saturated carbocycles. The molecule has 0 bridgehead atoms. The SMILES string of the molecule is C=CC(=O)N1CCN(c2nc(OC3(N(C)C)CCCC3)nc3cc(-c4nc(N)cc(C)c4C(F)(F)F)c(Cl)cc23)[C@@H](C)C1. The van der Waals surface area contributed by atoms with Crippen molar-refractivity contribution in [3.8, 4) is 17.3 Å². The predicted octanol–water partition coefficient (Wildman–Crippen LogP) is 5.69. The summed E-state index contributed by atoms with van der Waals surface area (Å²) in [5.41, 5.74) is 4.33. The minimum absolute atomic E-state index is 0.0442. The molecular weight excluding hydrogens is 583 g/mol. The highest BCUT2D eigenvalue weighted by Gasteiger charge is 2.40. The topological polar surface area (TPSA) is 101 Å². The van der Waals surface area contributed by atoms with Gasteiger partial charge in [0.15, 0.2) is 5.72 Å². The number of hydrogen-bond acceptors (Lipinski definition) is 8. The number of amides is 1. The Morgan fingerprint density at radius 3 is 2.49 bits per heavy atom. The lowest BCUT2D eigenvalue weighted by Gasteiger charge is -2.41. The Morgan fingerprint density at radius 1 is 1.19 bits per heavy atom. The Balaban J connectivity index is 1.70. The second kappa shape index (κ2) is 11.5. The Bertz CT molecular complexity index is 1570. The van der Waals surface area contributed by atoms with Crippen LogP contribution in [0.1, 0.15) is 43.7 Å². The largest absolute Gasteiger partial charge is 0.441 e. The van der Waals surface area contributed by atoms with Gasteiger partial charge < -0.3 is 20.3 Å². The van der Waals surface area contributed by atoms with Crippen molar-refractivity contribution in [1.29, 1.82) is 0 Å². The van der Waals surface area contributed by atoms with Gasteiger partial charge in [0.2, 0.25) is 5.91 Å². The average Bonchev–Trinajstić information content (AvgIpc) is 3.40. The van der Waals surface area contributed by atoms with Gasteiger partial charge >= 0.3 is 12.2 Å². The Hall–Kier alpha value is -3.64. The fraction of sp³-hybridized carbons (Fsp3) is 0.467. The smallest absolute Gasteiger partial charge is 0.418 e. The van der Waals surface area contributed by atoms with Crippen molar-refractivity contribution in [1.82, 2.24) is 24.8 Å². The average molecular weight is 618 g/mol. The van der Waals surface area contributed by atoms with Crippen LogP contribution < -0.4 is 15.4 Å². The third-order valence-electron chi connectivity index (χ3n) is 8.39. The van der Waals surface area contributed by atoms with Crippen LogP contribution in [0, 0.1) is 6.92 Å². The molecule has 2 fully saturated rings. The van der Waals surface area contributed by atoms with E-state index in [4.69, 9.17) is 32.0 Å². The van der Waals surface area contributed by atoms with E-state index in [-0.39, 0.29) is 45.6 Å². The molecule has 1 saturated heterocycles. The Morgan fingerprint density at radius 2 is 1.88 bits per heavy atom. The first-order chi connectivity index (χ1) is 20.2. The summed E-state index contributed by atoms with van der Waals surface area (Å²) in [4.78, 5) is 31.7. The number of aromatic nitrogens is 3. The molecular formula is C30H35ClF3N7O2. The first-order valence-corrected chi connectivity index (χ1v) is 14.5. The number of aryl methyl sites for hydroxylation is 1. The number of nitrogens with two attached hydrogens (primary N) is 1. The molecule has 1 amide bonds. The van der Waals surface area contributed by atoms with Crippen LogP contribution in [-0.2, 0) is 11.0 Å². The van der Waals surface area contributed by atoms with Gasteiger partial charge in [0.1, 0.15) is 11.6 Å². The van der Waals surface area contributed by atoms with Crippen LogP contribution in [0.15, 0.2) is 30.9 Å². The molecule has 5 rings (SSSR count). The standard InChI is InChI=1S/C30H35ClF3N7O2/c1-6-24(42)40-11-12-41(18(3)16-40)27-20-14-21(31)19(26-25(30(32,33)34)17(2)13-23(35)37-26)15-22(20)36-28(38-27)43-29(39(4)5)9-7-8-10-29/h6,13-15,18H,1,7-12,16H2,2-5H3,(H2,35,37)/t18-/m0/s1. The van der Waals surface area contributed by atoms with Crippen molar-refractivity contribution in [3.05, 3.63) is 47.0 Å². The fourth-order valence-corrected chi connectivity index (χ4v) is 6.40. The molecule has 13 heteroatoms. The molecule has 2 aromatic heterocycles. The van der Waals surface area contributed by atoms with E-state index in [1.807, 2.05) is 30.8 Å². The maximum absolute atomic E-state index is 14.2. The number of nitrogens with zero attached hydrogens (tertiary/aromatic N) is 6. The third-order valence-corrected chi connectivity index (χ3v) is 8.70. The molecule has 3 heterocycles. The lowest BCUT2D eigenvalue weighted by molar-refractivity contribution is -0.137. The van der Waals surface area contributed by atoms with Gasteiger partial charge in [0, 0.05) is 49.5 Å². The summed E-state index contributed by atoms with van der Waals surface area (Å²) in [5.74, 6) is 0.306. The summed E-state index contributed by atoms with van der Waals surface area (Å²) in [5, 5.41) is 0.582. The van der Waals surface area contributed by atoms with Gasteiger partial charge in [0.05, 0.1) is 21.8 Å². The number of hydrogen-bond donors (Lipinski definition) is 1. The lowest BCUT2D eigenvalue weighted by atomic mass is 9.99. The fourth-order valence-electron chi connectivity index (χ4n) is 6.15. The summed E-state index contributed by atoms with van der Waals surface area (Å²) < 4.78 is 49.2. The number of anilines is 2. The normalized spacial score (nSPS) is 18.9. The molecule has 1 aliphatic carbocycles. The summed E-state index contributed by atoms with van der Waals surface area (Å²) in [6.45, 7) is 8.23. The van der Waals surface area contributed by atoms with Crippen LogP contribution in [0.5, 0.6) is 6.01 Å². The second-order valence-electron chi connectivity index (χ2n) is 11.4. The zero-order valence-corrected chi connectivity index (χ0v) is 25.4. The first-order valence-electron chi connectivity index (χ1n) is 14.1. The van der Waals surface area contributed by atoms with Crippen molar-refractivity contribution in [2.75, 3.05) is 44.4 Å². The Labute approximate surface area is 253 Å². The van der Waals surface area contributed by atoms with Gasteiger partial charge in [-0.25, -0.2) is 4.98 Å². The van der Waals surface area contributed by atoms with E-state index in [2.05, 4.69) is 11.6 Å². The minimum Gasteiger partial charge on any atom is -0.441 e. The Kier molecular flexibility index (Phi) is 8.21. The summed E-state index contributed by atoms with van der Waals surface area (Å²) in [6.07, 6.45) is 0.123. The van der Waals surface area contributed by atoms with Crippen LogP contribution in [0.2, 0.25) is 5.02 Å². The van der Waals surface area contributed by atoms with Gasteiger partial charge in [-0.1, -0.05) is 18.2 Å². The van der Waals surface area contributed by atoms with Crippen LogP contribution in [0.25, 0.3) is 22.2 Å². The molecule has 3 aromatic rings. The molecule has 1 atom stereocenters. The number of carbonyl (C=O) groups is 1. The number of ether oxygens (including phenoxy) is 1. The number of nitrogen functional groups attached to an aromatic ring is 1. The van der Waals surface area contributed by atoms with Crippen molar-refractivity contribution < 1.29 is 22.7 Å². The number of benzene rings is 1. The van der Waals surface area contributed by atoms with Crippen molar-refractivity contribution in [3.63, 3.8) is 0 Å².